The number of hydrogen-bond donors (Lipinski definition) is 3. The molecule has 122 valence electrons. The summed E-state index contributed by atoms with van der Waals surface area (Å²) < 4.78 is 0. The Morgan fingerprint density at radius 3 is 2.92 bits per heavy atom. The Morgan fingerprint density at radius 1 is 1.25 bits per heavy atom. The van der Waals surface area contributed by atoms with Crippen LogP contribution < -0.4 is 11.1 Å². The maximum atomic E-state index is 7.51. The molecule has 24 heavy (non-hydrogen) atoms. The van der Waals surface area contributed by atoms with Crippen molar-refractivity contribution in [3.63, 3.8) is 0 Å². The first-order chi connectivity index (χ1) is 11.7. The zero-order valence-electron chi connectivity index (χ0n) is 13.5. The summed E-state index contributed by atoms with van der Waals surface area (Å²) in [5.41, 5.74) is 10.7. The Balaban J connectivity index is 1.83. The van der Waals surface area contributed by atoms with Gasteiger partial charge >= 0.3 is 0 Å². The van der Waals surface area contributed by atoms with Gasteiger partial charge in [0.05, 0.1) is 5.39 Å². The largest absolute Gasteiger partial charge is 0.398 e. The number of rotatable bonds is 3. The second-order valence-electron chi connectivity index (χ2n) is 6.18. The molecule has 6 heteroatoms. The maximum absolute atomic E-state index is 7.51. The summed E-state index contributed by atoms with van der Waals surface area (Å²) in [5.74, 6) is 0.850. The predicted molar refractivity (Wildman–Crippen MR) is 101 cm³/mol. The summed E-state index contributed by atoms with van der Waals surface area (Å²) in [4.78, 5) is 11.5. The molecule has 1 aliphatic carbocycles. The smallest absolute Gasteiger partial charge is 0.142 e. The molecule has 2 aromatic heterocycles. The summed E-state index contributed by atoms with van der Waals surface area (Å²) in [6.45, 7) is 2.01. The molecule has 1 aliphatic rings. The van der Waals surface area contributed by atoms with Gasteiger partial charge in [-0.15, -0.1) is 11.3 Å². The van der Waals surface area contributed by atoms with E-state index in [-0.39, 0.29) is 0 Å². The lowest BCUT2D eigenvalue weighted by molar-refractivity contribution is 0.700. The van der Waals surface area contributed by atoms with Crippen LogP contribution in [0, 0.1) is 12.3 Å². The minimum absolute atomic E-state index is 0.619. The number of nitrogens with zero attached hydrogens (tertiary/aromatic N) is 2. The van der Waals surface area contributed by atoms with Crippen LogP contribution in [0.5, 0.6) is 0 Å². The number of aryl methyl sites for hydroxylation is 3. The van der Waals surface area contributed by atoms with Gasteiger partial charge in [0, 0.05) is 28.0 Å². The number of fused-ring (bicyclic) bond motifs is 3. The third-order valence-electron chi connectivity index (χ3n) is 4.59. The highest BCUT2D eigenvalue weighted by Gasteiger charge is 2.20. The third kappa shape index (κ3) is 2.43. The van der Waals surface area contributed by atoms with Gasteiger partial charge in [-0.2, -0.15) is 0 Å². The van der Waals surface area contributed by atoms with Crippen LogP contribution in [0.2, 0.25) is 0 Å². The number of nitrogens with two attached hydrogens (primary N) is 1. The van der Waals surface area contributed by atoms with Crippen molar-refractivity contribution in [2.75, 3.05) is 11.1 Å². The summed E-state index contributed by atoms with van der Waals surface area (Å²) >= 11 is 1.79. The van der Waals surface area contributed by atoms with Gasteiger partial charge in [0.2, 0.25) is 0 Å². The summed E-state index contributed by atoms with van der Waals surface area (Å²) in [7, 11) is 0. The van der Waals surface area contributed by atoms with Crippen molar-refractivity contribution in [3.05, 3.63) is 40.0 Å². The van der Waals surface area contributed by atoms with Crippen LogP contribution in [0.15, 0.2) is 18.5 Å². The summed E-state index contributed by atoms with van der Waals surface area (Å²) in [5, 5.41) is 12.1. The number of anilines is 3. The van der Waals surface area contributed by atoms with E-state index >= 15 is 0 Å². The van der Waals surface area contributed by atoms with Gasteiger partial charge in [0.1, 0.15) is 17.0 Å². The zero-order chi connectivity index (χ0) is 16.7. The van der Waals surface area contributed by atoms with Gasteiger partial charge in [-0.25, -0.2) is 9.97 Å². The molecule has 0 unspecified atom stereocenters. The van der Waals surface area contributed by atoms with Gasteiger partial charge in [-0.05, 0) is 55.9 Å². The van der Waals surface area contributed by atoms with Crippen molar-refractivity contribution >= 4 is 45.0 Å². The SMILES string of the molecule is Cc1cc(N)c(C=N)cc1Nc1ncnc2sc3c(c12)CCCC3. The maximum Gasteiger partial charge on any atom is 0.142 e. The molecule has 0 fully saturated rings. The number of nitrogens with one attached hydrogen (secondary N) is 2. The quantitative estimate of drug-likeness (QED) is 0.494. The lowest BCUT2D eigenvalue weighted by Crippen LogP contribution is -2.03. The van der Waals surface area contributed by atoms with Crippen LogP contribution in [-0.2, 0) is 12.8 Å². The van der Waals surface area contributed by atoms with Gasteiger partial charge in [0.25, 0.3) is 0 Å². The average Bonchev–Trinajstić information content (AvgIpc) is 2.96. The first-order valence-electron chi connectivity index (χ1n) is 8.10. The van der Waals surface area contributed by atoms with Crippen LogP contribution in [0.3, 0.4) is 0 Å². The molecule has 3 aromatic rings. The second kappa shape index (κ2) is 5.87. The highest BCUT2D eigenvalue weighted by molar-refractivity contribution is 7.19. The fourth-order valence-corrected chi connectivity index (χ4v) is 4.55. The minimum atomic E-state index is 0.619. The average molecular weight is 337 g/mol. The molecule has 5 nitrogen and oxygen atoms in total. The molecule has 4 rings (SSSR count). The molecular weight excluding hydrogens is 318 g/mol. The molecule has 1 aromatic carbocycles. The minimum Gasteiger partial charge on any atom is -0.398 e. The van der Waals surface area contributed by atoms with E-state index < -0.39 is 0 Å². The molecule has 2 heterocycles. The fraction of sp³-hybridized carbons (Fsp3) is 0.278. The van der Waals surface area contributed by atoms with Crippen molar-refractivity contribution in [1.82, 2.24) is 9.97 Å². The monoisotopic (exact) mass is 337 g/mol. The van der Waals surface area contributed by atoms with E-state index in [4.69, 9.17) is 11.1 Å². The van der Waals surface area contributed by atoms with E-state index in [1.165, 1.54) is 29.5 Å². The van der Waals surface area contributed by atoms with Crippen molar-refractivity contribution < 1.29 is 0 Å². The Bertz CT molecular complexity index is 944. The van der Waals surface area contributed by atoms with E-state index in [1.807, 2.05) is 19.1 Å². The van der Waals surface area contributed by atoms with E-state index in [0.717, 1.165) is 40.1 Å². The Hall–Kier alpha value is -2.47. The van der Waals surface area contributed by atoms with Crippen molar-refractivity contribution in [2.24, 2.45) is 0 Å². The molecule has 0 saturated carbocycles. The Kier molecular flexibility index (Phi) is 3.69. The second-order valence-corrected chi connectivity index (χ2v) is 7.26. The lowest BCUT2D eigenvalue weighted by Gasteiger charge is -2.14. The molecule has 0 bridgehead atoms. The van der Waals surface area contributed by atoms with E-state index in [2.05, 4.69) is 15.3 Å². The first kappa shape index (κ1) is 15.1. The van der Waals surface area contributed by atoms with E-state index in [0.29, 0.717) is 11.3 Å². The van der Waals surface area contributed by atoms with E-state index in [1.54, 1.807) is 17.7 Å². The molecule has 0 amide bonds. The van der Waals surface area contributed by atoms with Gasteiger partial charge in [-0.3, -0.25) is 0 Å². The highest BCUT2D eigenvalue weighted by Crippen LogP contribution is 2.39. The zero-order valence-corrected chi connectivity index (χ0v) is 14.3. The topological polar surface area (TPSA) is 87.7 Å². The number of benzene rings is 1. The van der Waals surface area contributed by atoms with Crippen LogP contribution in [0.4, 0.5) is 17.2 Å². The number of hydrogen-bond acceptors (Lipinski definition) is 6. The highest BCUT2D eigenvalue weighted by atomic mass is 32.1. The number of aromatic nitrogens is 2. The molecule has 0 atom stereocenters. The summed E-state index contributed by atoms with van der Waals surface area (Å²) in [6, 6.07) is 3.80. The van der Waals surface area contributed by atoms with Crippen molar-refractivity contribution in [3.8, 4) is 0 Å². The van der Waals surface area contributed by atoms with Crippen LogP contribution in [0.1, 0.15) is 34.4 Å². The standard InChI is InChI=1S/C18H19N5S/c1-10-6-13(20)11(8-19)7-14(10)23-17-16-12-4-2-3-5-15(12)24-18(16)22-9-21-17/h6-9,19H,2-5,20H2,1H3,(H,21,22,23). The number of thiophene rings is 1. The molecule has 4 N–H and O–H groups in total. The van der Waals surface area contributed by atoms with Crippen molar-refractivity contribution in [1.29, 1.82) is 5.41 Å². The van der Waals surface area contributed by atoms with Gasteiger partial charge < -0.3 is 16.5 Å². The fourth-order valence-electron chi connectivity index (χ4n) is 3.32. The van der Waals surface area contributed by atoms with Gasteiger partial charge in [-0.1, -0.05) is 0 Å². The lowest BCUT2D eigenvalue weighted by atomic mass is 9.97. The molecule has 0 spiro atoms. The molecular formula is C18H19N5S. The van der Waals surface area contributed by atoms with Crippen molar-refractivity contribution in [2.45, 2.75) is 32.6 Å². The van der Waals surface area contributed by atoms with Crippen LogP contribution in [-0.4, -0.2) is 16.2 Å². The van der Waals surface area contributed by atoms with Gasteiger partial charge in [0.15, 0.2) is 0 Å². The molecule has 0 aliphatic heterocycles. The third-order valence-corrected chi connectivity index (χ3v) is 5.79. The van der Waals surface area contributed by atoms with E-state index in [9.17, 15) is 0 Å². The first-order valence-corrected chi connectivity index (χ1v) is 8.92. The predicted octanol–water partition coefficient (Wildman–Crippen LogP) is 4.20. The Labute approximate surface area is 144 Å². The normalized spacial score (nSPS) is 13.7. The number of nitrogen functional groups attached to an aromatic ring is 1. The summed E-state index contributed by atoms with van der Waals surface area (Å²) in [6.07, 6.45) is 7.64. The molecule has 0 saturated heterocycles. The molecule has 0 radical (unpaired) electrons. The van der Waals surface area contributed by atoms with Crippen LogP contribution >= 0.6 is 11.3 Å². The Morgan fingerprint density at radius 2 is 2.08 bits per heavy atom. The van der Waals surface area contributed by atoms with Crippen LogP contribution in [0.25, 0.3) is 10.2 Å².